The van der Waals surface area contributed by atoms with Crippen LogP contribution in [-0.2, 0) is 4.79 Å². The number of nitrogens with zero attached hydrogens (tertiary/aromatic N) is 1. The highest BCUT2D eigenvalue weighted by molar-refractivity contribution is 5.76. The third-order valence-electron chi connectivity index (χ3n) is 6.11. The van der Waals surface area contributed by atoms with Crippen molar-refractivity contribution in [3.63, 3.8) is 0 Å². The Morgan fingerprint density at radius 3 is 2.65 bits per heavy atom. The highest BCUT2D eigenvalue weighted by Gasteiger charge is 2.40. The molecule has 3 nitrogen and oxygen atoms in total. The first-order valence-corrected chi connectivity index (χ1v) is 8.61. The summed E-state index contributed by atoms with van der Waals surface area (Å²) in [6.45, 7) is 0.999. The highest BCUT2D eigenvalue weighted by Crippen LogP contribution is 2.48. The van der Waals surface area contributed by atoms with Gasteiger partial charge in [0.25, 0.3) is 0 Å². The molecule has 20 heavy (non-hydrogen) atoms. The third-order valence-corrected chi connectivity index (χ3v) is 6.11. The topological polar surface area (TPSA) is 46.3 Å². The predicted molar refractivity (Wildman–Crippen MR) is 81.1 cm³/mol. The van der Waals surface area contributed by atoms with E-state index >= 15 is 0 Å². The van der Waals surface area contributed by atoms with E-state index in [0.717, 1.165) is 43.6 Å². The zero-order valence-electron chi connectivity index (χ0n) is 12.9. The molecule has 0 heterocycles. The van der Waals surface area contributed by atoms with Gasteiger partial charge in [-0.2, -0.15) is 0 Å². The summed E-state index contributed by atoms with van der Waals surface area (Å²) in [7, 11) is 2.01. The van der Waals surface area contributed by atoms with Crippen LogP contribution in [0.25, 0.3) is 0 Å². The molecule has 3 saturated carbocycles. The first kappa shape index (κ1) is 14.4. The number of rotatable bonds is 4. The van der Waals surface area contributed by atoms with Gasteiger partial charge >= 0.3 is 0 Å². The van der Waals surface area contributed by atoms with Crippen LogP contribution in [0.3, 0.4) is 0 Å². The molecule has 0 spiro atoms. The molecule has 3 aliphatic carbocycles. The third kappa shape index (κ3) is 3.19. The fraction of sp³-hybridized carbons (Fsp3) is 0.941. The molecular weight excluding hydrogens is 248 g/mol. The average molecular weight is 278 g/mol. The van der Waals surface area contributed by atoms with Crippen LogP contribution in [0, 0.1) is 23.7 Å². The maximum atomic E-state index is 12.4. The van der Waals surface area contributed by atoms with Crippen LogP contribution in [0.4, 0.5) is 0 Å². The Labute approximate surface area is 123 Å². The van der Waals surface area contributed by atoms with Crippen LogP contribution < -0.4 is 5.73 Å². The average Bonchev–Trinajstić information content (AvgIpc) is 3.01. The quantitative estimate of drug-likeness (QED) is 0.859. The molecule has 3 fully saturated rings. The molecule has 2 bridgehead atoms. The van der Waals surface area contributed by atoms with Crippen LogP contribution >= 0.6 is 0 Å². The Kier molecular flexibility index (Phi) is 4.34. The van der Waals surface area contributed by atoms with E-state index in [0.29, 0.717) is 17.9 Å². The first-order chi connectivity index (χ1) is 9.61. The Morgan fingerprint density at radius 2 is 2.00 bits per heavy atom. The van der Waals surface area contributed by atoms with Crippen molar-refractivity contribution in [2.75, 3.05) is 13.6 Å². The molecule has 3 aliphatic rings. The van der Waals surface area contributed by atoms with Crippen LogP contribution in [0.15, 0.2) is 0 Å². The molecule has 3 rings (SSSR count). The summed E-state index contributed by atoms with van der Waals surface area (Å²) in [5, 5.41) is 0. The zero-order chi connectivity index (χ0) is 14.1. The summed E-state index contributed by atoms with van der Waals surface area (Å²) in [6.07, 6.45) is 11.0. The first-order valence-electron chi connectivity index (χ1n) is 8.61. The molecule has 0 aliphatic heterocycles. The minimum Gasteiger partial charge on any atom is -0.345 e. The molecule has 5 unspecified atom stereocenters. The van der Waals surface area contributed by atoms with Gasteiger partial charge in [-0.05, 0) is 62.2 Å². The Hall–Kier alpha value is -0.570. The summed E-state index contributed by atoms with van der Waals surface area (Å²) < 4.78 is 0. The van der Waals surface area contributed by atoms with Gasteiger partial charge in [-0.15, -0.1) is 0 Å². The number of hydrogen-bond acceptors (Lipinski definition) is 2. The van der Waals surface area contributed by atoms with Crippen molar-refractivity contribution in [3.05, 3.63) is 0 Å². The second kappa shape index (κ2) is 6.05. The van der Waals surface area contributed by atoms with Gasteiger partial charge < -0.3 is 10.6 Å². The highest BCUT2D eigenvalue weighted by atomic mass is 16.2. The van der Waals surface area contributed by atoms with E-state index in [1.165, 1.54) is 38.5 Å². The fourth-order valence-electron chi connectivity index (χ4n) is 4.97. The van der Waals surface area contributed by atoms with Gasteiger partial charge in [-0.1, -0.05) is 12.8 Å². The maximum Gasteiger partial charge on any atom is 0.222 e. The number of fused-ring (bicyclic) bond motifs is 2. The van der Waals surface area contributed by atoms with Crippen molar-refractivity contribution in [2.24, 2.45) is 29.4 Å². The monoisotopic (exact) mass is 278 g/mol. The Balaban J connectivity index is 1.44. The maximum absolute atomic E-state index is 12.4. The van der Waals surface area contributed by atoms with Crippen LogP contribution in [0.1, 0.15) is 57.8 Å². The molecule has 0 saturated heterocycles. The number of nitrogens with two attached hydrogens (primary N) is 1. The van der Waals surface area contributed by atoms with E-state index in [2.05, 4.69) is 0 Å². The van der Waals surface area contributed by atoms with Gasteiger partial charge in [0.1, 0.15) is 0 Å². The predicted octanol–water partition coefficient (Wildman–Crippen LogP) is 2.79. The molecule has 1 amide bonds. The number of amides is 1. The largest absolute Gasteiger partial charge is 0.345 e. The second-order valence-corrected chi connectivity index (χ2v) is 7.71. The van der Waals surface area contributed by atoms with E-state index < -0.39 is 0 Å². The molecular formula is C17H30N2O. The molecule has 0 radical (unpaired) electrons. The Bertz CT molecular complexity index is 357. The van der Waals surface area contributed by atoms with Crippen LogP contribution in [0.2, 0.25) is 0 Å². The molecule has 0 aromatic heterocycles. The van der Waals surface area contributed by atoms with Gasteiger partial charge in [0, 0.05) is 26.1 Å². The molecule has 2 N–H and O–H groups in total. The summed E-state index contributed by atoms with van der Waals surface area (Å²) >= 11 is 0. The van der Waals surface area contributed by atoms with E-state index in [9.17, 15) is 4.79 Å². The van der Waals surface area contributed by atoms with E-state index in [4.69, 9.17) is 5.73 Å². The number of carbonyl (C=O) groups excluding carboxylic acids is 1. The number of hydrogen-bond donors (Lipinski definition) is 1. The van der Waals surface area contributed by atoms with Gasteiger partial charge in [-0.25, -0.2) is 0 Å². The lowest BCUT2D eigenvalue weighted by molar-refractivity contribution is -0.132. The molecule has 3 heteroatoms. The molecule has 5 atom stereocenters. The molecule has 114 valence electrons. The van der Waals surface area contributed by atoms with E-state index in [1.807, 2.05) is 11.9 Å². The van der Waals surface area contributed by atoms with Crippen molar-refractivity contribution in [1.82, 2.24) is 4.90 Å². The Morgan fingerprint density at radius 1 is 1.15 bits per heavy atom. The van der Waals surface area contributed by atoms with Gasteiger partial charge in [0.05, 0.1) is 0 Å². The standard InChI is InChI=1S/C17H30N2O/c1-19(11-15-8-13-5-6-14(15)7-13)17(20)10-12-3-2-4-16(18)9-12/h12-16H,2-11,18H2,1H3. The van der Waals surface area contributed by atoms with Gasteiger partial charge in [-0.3, -0.25) is 4.79 Å². The van der Waals surface area contributed by atoms with Gasteiger partial charge in [0.15, 0.2) is 0 Å². The smallest absolute Gasteiger partial charge is 0.222 e. The van der Waals surface area contributed by atoms with Crippen molar-refractivity contribution < 1.29 is 4.79 Å². The number of carbonyl (C=O) groups is 1. The summed E-state index contributed by atoms with van der Waals surface area (Å²) in [5.41, 5.74) is 6.03. The lowest BCUT2D eigenvalue weighted by atomic mass is 9.83. The normalized spacial score (nSPS) is 40.0. The van der Waals surface area contributed by atoms with E-state index in [1.54, 1.807) is 0 Å². The summed E-state index contributed by atoms with van der Waals surface area (Å²) in [4.78, 5) is 14.4. The van der Waals surface area contributed by atoms with Crippen molar-refractivity contribution >= 4 is 5.91 Å². The molecule has 0 aromatic rings. The van der Waals surface area contributed by atoms with Crippen molar-refractivity contribution in [3.8, 4) is 0 Å². The van der Waals surface area contributed by atoms with E-state index in [-0.39, 0.29) is 0 Å². The lowest BCUT2D eigenvalue weighted by Gasteiger charge is -2.30. The summed E-state index contributed by atoms with van der Waals surface area (Å²) in [5.74, 6) is 3.57. The minimum absolute atomic E-state index is 0.331. The van der Waals surface area contributed by atoms with Crippen LogP contribution in [0.5, 0.6) is 0 Å². The van der Waals surface area contributed by atoms with Gasteiger partial charge in [0.2, 0.25) is 5.91 Å². The summed E-state index contributed by atoms with van der Waals surface area (Å²) in [6, 6.07) is 0.331. The minimum atomic E-state index is 0.331. The van der Waals surface area contributed by atoms with Crippen LogP contribution in [-0.4, -0.2) is 30.4 Å². The lowest BCUT2D eigenvalue weighted by Crippen LogP contribution is -2.36. The van der Waals surface area contributed by atoms with Crippen molar-refractivity contribution in [1.29, 1.82) is 0 Å². The zero-order valence-corrected chi connectivity index (χ0v) is 12.9. The SMILES string of the molecule is CN(CC1CC2CCC1C2)C(=O)CC1CCCC(N)C1. The van der Waals surface area contributed by atoms with Crippen molar-refractivity contribution in [2.45, 2.75) is 63.8 Å². The second-order valence-electron chi connectivity index (χ2n) is 7.71. The molecule has 0 aromatic carbocycles. The fourth-order valence-corrected chi connectivity index (χ4v) is 4.97.